The smallest absolute Gasteiger partial charge is 0.267 e. The number of likely N-dealkylation sites (tertiary alicyclic amines) is 1. The number of hydrogen-bond donors (Lipinski definition) is 0. The second-order valence-electron chi connectivity index (χ2n) is 7.53. The third-order valence-corrected chi connectivity index (χ3v) is 5.66. The Balaban J connectivity index is 1.79. The van der Waals surface area contributed by atoms with E-state index in [-0.39, 0.29) is 5.56 Å². The van der Waals surface area contributed by atoms with Gasteiger partial charge in [-0.3, -0.25) is 14.1 Å². The molecule has 1 aliphatic rings. The number of nitrogens with zero attached hydrogens (tertiary/aromatic N) is 5. The van der Waals surface area contributed by atoms with Gasteiger partial charge in [0.25, 0.3) is 5.56 Å². The number of para-hydroxylation sites is 2. The molecule has 3 heterocycles. The molecular weight excluding hydrogens is 350 g/mol. The highest BCUT2D eigenvalue weighted by atomic mass is 16.1. The zero-order valence-electron chi connectivity index (χ0n) is 16.0. The maximum absolute atomic E-state index is 13.4. The molecule has 6 nitrogen and oxygen atoms in total. The van der Waals surface area contributed by atoms with Gasteiger partial charge in [-0.05, 0) is 56.6 Å². The maximum atomic E-state index is 13.4. The first kappa shape index (κ1) is 17.1. The highest BCUT2D eigenvalue weighted by Crippen LogP contribution is 2.21. The number of aromatic nitrogens is 4. The summed E-state index contributed by atoms with van der Waals surface area (Å²) >= 11 is 0. The molecule has 1 saturated heterocycles. The topological polar surface area (TPSA) is 55.4 Å². The maximum Gasteiger partial charge on any atom is 0.267 e. The van der Waals surface area contributed by atoms with Crippen molar-refractivity contribution in [3.8, 4) is 5.69 Å². The predicted octanol–water partition coefficient (Wildman–Crippen LogP) is 3.33. The summed E-state index contributed by atoms with van der Waals surface area (Å²) in [6, 6.07) is 15.6. The molecule has 2 aromatic carbocycles. The van der Waals surface area contributed by atoms with Gasteiger partial charge in [-0.2, -0.15) is 0 Å². The molecular formula is C22H23N5O. The molecule has 6 heteroatoms. The van der Waals surface area contributed by atoms with Gasteiger partial charge >= 0.3 is 0 Å². The van der Waals surface area contributed by atoms with Crippen LogP contribution in [0.15, 0.2) is 53.3 Å². The van der Waals surface area contributed by atoms with Crippen LogP contribution in [0.3, 0.4) is 0 Å². The molecule has 28 heavy (non-hydrogen) atoms. The van der Waals surface area contributed by atoms with Crippen LogP contribution in [0.4, 0.5) is 0 Å². The lowest BCUT2D eigenvalue weighted by Crippen LogP contribution is -2.30. The van der Waals surface area contributed by atoms with Gasteiger partial charge in [0.15, 0.2) is 5.82 Å². The predicted molar refractivity (Wildman–Crippen MR) is 110 cm³/mol. The Morgan fingerprint density at radius 1 is 0.929 bits per heavy atom. The van der Waals surface area contributed by atoms with E-state index in [4.69, 9.17) is 0 Å². The lowest BCUT2D eigenvalue weighted by molar-refractivity contribution is 0.215. The van der Waals surface area contributed by atoms with Crippen LogP contribution < -0.4 is 5.56 Å². The van der Waals surface area contributed by atoms with Crippen LogP contribution in [0.1, 0.15) is 30.7 Å². The van der Waals surface area contributed by atoms with E-state index in [1.165, 1.54) is 19.3 Å². The summed E-state index contributed by atoms with van der Waals surface area (Å²) in [7, 11) is 0. The van der Waals surface area contributed by atoms with Crippen LogP contribution in [-0.2, 0) is 6.54 Å². The molecule has 0 aliphatic carbocycles. The minimum Gasteiger partial charge on any atom is -0.296 e. The molecule has 4 aromatic rings. The normalized spacial score (nSPS) is 15.5. The van der Waals surface area contributed by atoms with Crippen molar-refractivity contribution in [1.82, 2.24) is 24.1 Å². The summed E-state index contributed by atoms with van der Waals surface area (Å²) in [5, 5.41) is 9.65. The van der Waals surface area contributed by atoms with E-state index in [9.17, 15) is 4.79 Å². The fourth-order valence-corrected chi connectivity index (χ4v) is 4.21. The van der Waals surface area contributed by atoms with Crippen molar-refractivity contribution in [2.24, 2.45) is 0 Å². The molecule has 0 N–H and O–H groups in total. The van der Waals surface area contributed by atoms with Crippen LogP contribution in [0.2, 0.25) is 0 Å². The van der Waals surface area contributed by atoms with Crippen LogP contribution in [0.25, 0.3) is 22.4 Å². The van der Waals surface area contributed by atoms with Crippen molar-refractivity contribution in [2.45, 2.75) is 32.7 Å². The number of hydrogen-bond acceptors (Lipinski definition) is 4. The Labute approximate surface area is 163 Å². The summed E-state index contributed by atoms with van der Waals surface area (Å²) in [6.45, 7) is 4.93. The third-order valence-electron chi connectivity index (χ3n) is 5.66. The van der Waals surface area contributed by atoms with Crippen molar-refractivity contribution >= 4 is 16.7 Å². The van der Waals surface area contributed by atoms with Gasteiger partial charge in [-0.1, -0.05) is 36.8 Å². The molecule has 0 unspecified atom stereocenters. The Morgan fingerprint density at radius 2 is 1.68 bits per heavy atom. The Hall–Kier alpha value is -2.99. The largest absolute Gasteiger partial charge is 0.296 e. The Morgan fingerprint density at radius 3 is 2.50 bits per heavy atom. The van der Waals surface area contributed by atoms with E-state index in [0.717, 1.165) is 42.2 Å². The zero-order chi connectivity index (χ0) is 19.1. The van der Waals surface area contributed by atoms with E-state index in [0.29, 0.717) is 11.2 Å². The molecule has 0 saturated carbocycles. The first-order valence-corrected chi connectivity index (χ1v) is 9.90. The molecule has 0 radical (unpaired) electrons. The minimum atomic E-state index is -0.0608. The molecule has 2 aromatic heterocycles. The second kappa shape index (κ2) is 6.87. The van der Waals surface area contributed by atoms with Crippen LogP contribution >= 0.6 is 0 Å². The highest BCUT2D eigenvalue weighted by Gasteiger charge is 2.20. The van der Waals surface area contributed by atoms with Crippen molar-refractivity contribution < 1.29 is 0 Å². The van der Waals surface area contributed by atoms with Crippen LogP contribution in [-0.4, -0.2) is 37.2 Å². The summed E-state index contributed by atoms with van der Waals surface area (Å²) in [6.07, 6.45) is 3.75. The molecule has 1 fully saturated rings. The fourth-order valence-electron chi connectivity index (χ4n) is 4.21. The number of fused-ring (bicyclic) bond motifs is 3. The van der Waals surface area contributed by atoms with E-state index in [1.54, 1.807) is 4.57 Å². The van der Waals surface area contributed by atoms with E-state index in [2.05, 4.69) is 19.5 Å². The fraction of sp³-hybridized carbons (Fsp3) is 0.318. The SMILES string of the molecule is Cc1ccccc1-n1c(=O)c2ccccc2n2c(CN3CCCCC3)nnc12. The average Bonchev–Trinajstić information content (AvgIpc) is 3.14. The van der Waals surface area contributed by atoms with Crippen LogP contribution in [0, 0.1) is 6.92 Å². The van der Waals surface area contributed by atoms with E-state index >= 15 is 0 Å². The number of rotatable bonds is 3. The van der Waals surface area contributed by atoms with Gasteiger partial charge in [-0.15, -0.1) is 10.2 Å². The van der Waals surface area contributed by atoms with Crippen molar-refractivity contribution in [2.75, 3.05) is 13.1 Å². The van der Waals surface area contributed by atoms with Crippen molar-refractivity contribution in [3.63, 3.8) is 0 Å². The van der Waals surface area contributed by atoms with Gasteiger partial charge < -0.3 is 0 Å². The Bertz CT molecular complexity index is 1220. The Kier molecular flexibility index (Phi) is 4.20. The second-order valence-corrected chi connectivity index (χ2v) is 7.53. The molecule has 0 atom stereocenters. The van der Waals surface area contributed by atoms with Crippen LogP contribution in [0.5, 0.6) is 0 Å². The lowest BCUT2D eigenvalue weighted by Gasteiger charge is -2.25. The summed E-state index contributed by atoms with van der Waals surface area (Å²) in [4.78, 5) is 15.8. The lowest BCUT2D eigenvalue weighted by atomic mass is 10.1. The molecule has 0 spiro atoms. The quantitative estimate of drug-likeness (QED) is 0.553. The first-order valence-electron chi connectivity index (χ1n) is 9.90. The molecule has 0 bridgehead atoms. The van der Waals surface area contributed by atoms with E-state index < -0.39 is 0 Å². The molecule has 1 aliphatic heterocycles. The van der Waals surface area contributed by atoms with E-state index in [1.807, 2.05) is 55.5 Å². The van der Waals surface area contributed by atoms with Gasteiger partial charge in [0, 0.05) is 0 Å². The minimum absolute atomic E-state index is 0.0608. The molecule has 142 valence electrons. The summed E-state index contributed by atoms with van der Waals surface area (Å²) in [5.74, 6) is 1.46. The van der Waals surface area contributed by atoms with Gasteiger partial charge in [0.05, 0.1) is 23.1 Å². The number of piperidine rings is 1. The van der Waals surface area contributed by atoms with Crippen molar-refractivity contribution in [3.05, 3.63) is 70.3 Å². The summed E-state index contributed by atoms with van der Waals surface area (Å²) < 4.78 is 3.75. The average molecular weight is 373 g/mol. The molecule has 5 rings (SSSR count). The first-order chi connectivity index (χ1) is 13.7. The molecule has 0 amide bonds. The number of benzene rings is 2. The standard InChI is InChI=1S/C22H23N5O/c1-16-9-3-5-11-18(16)27-21(28)17-10-4-6-12-19(17)26-20(23-24-22(26)27)15-25-13-7-2-8-14-25/h3-6,9-12H,2,7-8,13-15H2,1H3. The third kappa shape index (κ3) is 2.72. The summed E-state index contributed by atoms with van der Waals surface area (Å²) in [5.41, 5.74) is 2.68. The van der Waals surface area contributed by atoms with Gasteiger partial charge in [0.1, 0.15) is 0 Å². The van der Waals surface area contributed by atoms with Gasteiger partial charge in [0.2, 0.25) is 5.78 Å². The van der Waals surface area contributed by atoms with Crippen molar-refractivity contribution in [1.29, 1.82) is 0 Å². The zero-order valence-corrected chi connectivity index (χ0v) is 16.0. The monoisotopic (exact) mass is 373 g/mol. The van der Waals surface area contributed by atoms with Gasteiger partial charge in [-0.25, -0.2) is 4.57 Å². The number of aryl methyl sites for hydroxylation is 1. The highest BCUT2D eigenvalue weighted by molar-refractivity contribution is 5.81.